The van der Waals surface area contributed by atoms with Crippen LogP contribution in [0.2, 0.25) is 0 Å². The average molecular weight is 325 g/mol. The molecule has 0 radical (unpaired) electrons. The molecule has 4 heteroatoms. The zero-order valence-electron chi connectivity index (χ0n) is 14.2. The van der Waals surface area contributed by atoms with Crippen LogP contribution in [0.5, 0.6) is 5.75 Å². The highest BCUT2D eigenvalue weighted by molar-refractivity contribution is 5.82. The molecule has 4 nitrogen and oxygen atoms in total. The number of benzene rings is 2. The van der Waals surface area contributed by atoms with Crippen molar-refractivity contribution in [1.29, 1.82) is 0 Å². The third-order valence-electron chi connectivity index (χ3n) is 4.37. The summed E-state index contributed by atoms with van der Waals surface area (Å²) in [7, 11) is 1.58. The van der Waals surface area contributed by atoms with Crippen molar-refractivity contribution in [3.63, 3.8) is 0 Å². The Balaban J connectivity index is 1.78. The quantitative estimate of drug-likeness (QED) is 0.846. The second-order valence-electron chi connectivity index (χ2n) is 5.90. The standard InChI is InChI=1S/C20H23NO3/c1-3-24-18-10-9-15-11-12-21(14-17(15)13-18)20(22)19(23-2)16-7-5-4-6-8-16/h4-10,13,19H,3,11-12,14H2,1-2H3. The van der Waals surface area contributed by atoms with E-state index >= 15 is 0 Å². The molecule has 2 aromatic rings. The number of fused-ring (bicyclic) bond motifs is 1. The van der Waals surface area contributed by atoms with Crippen molar-refractivity contribution in [2.24, 2.45) is 0 Å². The van der Waals surface area contributed by atoms with E-state index in [-0.39, 0.29) is 5.91 Å². The number of hydrogen-bond donors (Lipinski definition) is 0. The van der Waals surface area contributed by atoms with Gasteiger partial charge in [0.25, 0.3) is 5.91 Å². The first kappa shape index (κ1) is 16.5. The van der Waals surface area contributed by atoms with Crippen LogP contribution >= 0.6 is 0 Å². The molecule has 1 heterocycles. The number of amides is 1. The van der Waals surface area contributed by atoms with Gasteiger partial charge in [-0.25, -0.2) is 0 Å². The topological polar surface area (TPSA) is 38.8 Å². The van der Waals surface area contributed by atoms with E-state index in [1.165, 1.54) is 5.56 Å². The molecule has 0 aromatic heterocycles. The summed E-state index contributed by atoms with van der Waals surface area (Å²) in [5.41, 5.74) is 3.33. The van der Waals surface area contributed by atoms with Crippen molar-refractivity contribution >= 4 is 5.91 Å². The number of carbonyl (C=O) groups excluding carboxylic acids is 1. The lowest BCUT2D eigenvalue weighted by molar-refractivity contribution is -0.143. The average Bonchev–Trinajstić information content (AvgIpc) is 2.63. The van der Waals surface area contributed by atoms with E-state index in [0.29, 0.717) is 19.7 Å². The summed E-state index contributed by atoms with van der Waals surface area (Å²) in [6.45, 7) is 3.92. The van der Waals surface area contributed by atoms with Crippen molar-refractivity contribution in [2.45, 2.75) is 26.0 Å². The van der Waals surface area contributed by atoms with Crippen LogP contribution in [-0.4, -0.2) is 31.1 Å². The Morgan fingerprint density at radius 3 is 2.67 bits per heavy atom. The monoisotopic (exact) mass is 325 g/mol. The molecule has 1 amide bonds. The third kappa shape index (κ3) is 3.44. The maximum Gasteiger partial charge on any atom is 0.256 e. The van der Waals surface area contributed by atoms with Gasteiger partial charge in [0.15, 0.2) is 6.10 Å². The summed E-state index contributed by atoms with van der Waals surface area (Å²) in [5.74, 6) is 0.869. The second kappa shape index (κ2) is 7.49. The first-order valence-corrected chi connectivity index (χ1v) is 8.34. The molecule has 1 atom stereocenters. The molecule has 0 bridgehead atoms. The van der Waals surface area contributed by atoms with E-state index in [1.807, 2.05) is 54.3 Å². The molecule has 0 N–H and O–H groups in total. The van der Waals surface area contributed by atoms with Crippen molar-refractivity contribution in [2.75, 3.05) is 20.3 Å². The van der Waals surface area contributed by atoms with Crippen LogP contribution in [0.4, 0.5) is 0 Å². The Bertz CT molecular complexity index is 699. The van der Waals surface area contributed by atoms with Gasteiger partial charge >= 0.3 is 0 Å². The SMILES string of the molecule is CCOc1ccc2c(c1)CN(C(=O)C(OC)c1ccccc1)CC2. The summed E-state index contributed by atoms with van der Waals surface area (Å²) >= 11 is 0. The smallest absolute Gasteiger partial charge is 0.256 e. The van der Waals surface area contributed by atoms with Crippen molar-refractivity contribution < 1.29 is 14.3 Å². The second-order valence-corrected chi connectivity index (χ2v) is 5.90. The van der Waals surface area contributed by atoms with Crippen LogP contribution in [0.15, 0.2) is 48.5 Å². The molecule has 3 rings (SSSR count). The molecule has 0 aliphatic carbocycles. The molecule has 1 unspecified atom stereocenters. The lowest BCUT2D eigenvalue weighted by Gasteiger charge is -2.31. The predicted octanol–water partition coefficient (Wildman–Crippen LogP) is 3.36. The lowest BCUT2D eigenvalue weighted by Crippen LogP contribution is -2.39. The number of rotatable bonds is 5. The number of nitrogens with zero attached hydrogens (tertiary/aromatic N) is 1. The van der Waals surface area contributed by atoms with E-state index < -0.39 is 6.10 Å². The first-order chi connectivity index (χ1) is 11.7. The Labute approximate surface area is 143 Å². The molecule has 0 saturated carbocycles. The van der Waals surface area contributed by atoms with Gasteiger partial charge in [0.05, 0.1) is 6.61 Å². The molecule has 0 spiro atoms. The summed E-state index contributed by atoms with van der Waals surface area (Å²) in [6, 6.07) is 15.8. The van der Waals surface area contributed by atoms with Gasteiger partial charge in [-0.2, -0.15) is 0 Å². The first-order valence-electron chi connectivity index (χ1n) is 8.34. The molecule has 0 fully saturated rings. The van der Waals surface area contributed by atoms with E-state index in [1.54, 1.807) is 7.11 Å². The van der Waals surface area contributed by atoms with Gasteiger partial charge in [-0.3, -0.25) is 4.79 Å². The zero-order chi connectivity index (χ0) is 16.9. The maximum atomic E-state index is 12.9. The van der Waals surface area contributed by atoms with Gasteiger partial charge < -0.3 is 14.4 Å². The molecular formula is C20H23NO3. The van der Waals surface area contributed by atoms with E-state index in [9.17, 15) is 4.79 Å². The molecular weight excluding hydrogens is 302 g/mol. The summed E-state index contributed by atoms with van der Waals surface area (Å²) < 4.78 is 11.1. The normalized spacial score (nSPS) is 14.8. The molecule has 1 aliphatic rings. The molecule has 126 valence electrons. The van der Waals surface area contributed by atoms with Crippen molar-refractivity contribution in [3.8, 4) is 5.75 Å². The summed E-state index contributed by atoms with van der Waals surface area (Å²) in [4.78, 5) is 14.8. The van der Waals surface area contributed by atoms with E-state index in [4.69, 9.17) is 9.47 Å². The molecule has 2 aromatic carbocycles. The van der Waals surface area contributed by atoms with Crippen LogP contribution in [0.3, 0.4) is 0 Å². The van der Waals surface area contributed by atoms with E-state index in [2.05, 4.69) is 6.07 Å². The Morgan fingerprint density at radius 1 is 1.17 bits per heavy atom. The van der Waals surface area contributed by atoms with Crippen LogP contribution in [0.25, 0.3) is 0 Å². The van der Waals surface area contributed by atoms with Gasteiger partial charge in [-0.15, -0.1) is 0 Å². The van der Waals surface area contributed by atoms with E-state index in [0.717, 1.165) is 23.3 Å². The van der Waals surface area contributed by atoms with Crippen LogP contribution in [-0.2, 0) is 22.5 Å². The Morgan fingerprint density at radius 2 is 1.96 bits per heavy atom. The lowest BCUT2D eigenvalue weighted by atomic mass is 9.98. The van der Waals surface area contributed by atoms with Crippen molar-refractivity contribution in [3.05, 3.63) is 65.2 Å². The predicted molar refractivity (Wildman–Crippen MR) is 92.9 cm³/mol. The van der Waals surface area contributed by atoms with Crippen LogP contribution < -0.4 is 4.74 Å². The highest BCUT2D eigenvalue weighted by Crippen LogP contribution is 2.27. The van der Waals surface area contributed by atoms with Gasteiger partial charge in [-0.05, 0) is 42.2 Å². The van der Waals surface area contributed by atoms with Gasteiger partial charge in [-0.1, -0.05) is 36.4 Å². The van der Waals surface area contributed by atoms with Gasteiger partial charge in [0.2, 0.25) is 0 Å². The van der Waals surface area contributed by atoms with Crippen LogP contribution in [0.1, 0.15) is 29.7 Å². The number of methoxy groups -OCH3 is 1. The van der Waals surface area contributed by atoms with Gasteiger partial charge in [0.1, 0.15) is 5.75 Å². The highest BCUT2D eigenvalue weighted by atomic mass is 16.5. The largest absolute Gasteiger partial charge is 0.494 e. The fourth-order valence-corrected chi connectivity index (χ4v) is 3.15. The third-order valence-corrected chi connectivity index (χ3v) is 4.37. The minimum atomic E-state index is -0.553. The molecule has 24 heavy (non-hydrogen) atoms. The number of ether oxygens (including phenoxy) is 2. The minimum Gasteiger partial charge on any atom is -0.494 e. The highest BCUT2D eigenvalue weighted by Gasteiger charge is 2.28. The van der Waals surface area contributed by atoms with Crippen LogP contribution in [0, 0.1) is 0 Å². The number of hydrogen-bond acceptors (Lipinski definition) is 3. The Kier molecular flexibility index (Phi) is 5.16. The summed E-state index contributed by atoms with van der Waals surface area (Å²) in [5, 5.41) is 0. The minimum absolute atomic E-state index is 0.0103. The van der Waals surface area contributed by atoms with Gasteiger partial charge in [0, 0.05) is 20.2 Å². The fourth-order valence-electron chi connectivity index (χ4n) is 3.15. The molecule has 0 saturated heterocycles. The summed E-state index contributed by atoms with van der Waals surface area (Å²) in [6.07, 6.45) is 0.307. The Hall–Kier alpha value is -2.33. The zero-order valence-corrected chi connectivity index (χ0v) is 14.2. The van der Waals surface area contributed by atoms with Crippen molar-refractivity contribution in [1.82, 2.24) is 4.90 Å². The number of carbonyl (C=O) groups is 1. The maximum absolute atomic E-state index is 12.9. The molecule has 1 aliphatic heterocycles. The fraction of sp³-hybridized carbons (Fsp3) is 0.350.